The number of hydrogen-bond acceptors (Lipinski definition) is 6. The highest BCUT2D eigenvalue weighted by atomic mass is 16.6. The van der Waals surface area contributed by atoms with E-state index in [1.807, 2.05) is 36.4 Å². The molecule has 35 heavy (non-hydrogen) atoms. The van der Waals surface area contributed by atoms with Crippen LogP contribution in [0.3, 0.4) is 0 Å². The fraction of sp³-hybridized carbons (Fsp3) is 0.179. The number of amides is 1. The Balaban J connectivity index is 1.35. The predicted molar refractivity (Wildman–Crippen MR) is 129 cm³/mol. The second-order valence-electron chi connectivity index (χ2n) is 8.33. The van der Waals surface area contributed by atoms with Crippen molar-refractivity contribution in [2.24, 2.45) is 0 Å². The van der Waals surface area contributed by atoms with Gasteiger partial charge < -0.3 is 19.2 Å². The van der Waals surface area contributed by atoms with Gasteiger partial charge >= 0.3 is 17.7 Å². The highest BCUT2D eigenvalue weighted by Gasteiger charge is 2.26. The summed E-state index contributed by atoms with van der Waals surface area (Å²) in [6, 6.07) is 21.9. The van der Waals surface area contributed by atoms with Crippen molar-refractivity contribution >= 4 is 23.0 Å². The van der Waals surface area contributed by atoms with Crippen LogP contribution in [-0.2, 0) is 29.0 Å². The largest absolute Gasteiger partial charge is 0.445 e. The molecule has 1 aliphatic rings. The first-order valence-corrected chi connectivity index (χ1v) is 11.4. The van der Waals surface area contributed by atoms with Gasteiger partial charge in [0, 0.05) is 17.0 Å². The minimum atomic E-state index is -1.10. The number of alkyl carbamates (subject to hydrolysis) is 1. The van der Waals surface area contributed by atoms with Crippen molar-refractivity contribution in [1.82, 2.24) is 5.32 Å². The van der Waals surface area contributed by atoms with Crippen LogP contribution >= 0.6 is 0 Å². The number of carbonyl (C=O) groups is 2. The molecule has 0 radical (unpaired) electrons. The van der Waals surface area contributed by atoms with Gasteiger partial charge in [-0.15, -0.1) is 0 Å². The molecule has 7 nitrogen and oxygen atoms in total. The van der Waals surface area contributed by atoms with Crippen molar-refractivity contribution < 1.29 is 23.5 Å². The summed E-state index contributed by atoms with van der Waals surface area (Å²) in [6.45, 7) is 0.0667. The maximum Gasteiger partial charge on any atom is 0.408 e. The Morgan fingerprint density at radius 1 is 0.914 bits per heavy atom. The average molecular weight is 469 g/mol. The van der Waals surface area contributed by atoms with Gasteiger partial charge in [0.25, 0.3) is 0 Å². The number of hydrogen-bond donors (Lipinski definition) is 1. The maximum absolute atomic E-state index is 13.1. The van der Waals surface area contributed by atoms with E-state index in [9.17, 15) is 14.4 Å². The first kappa shape index (κ1) is 22.4. The van der Waals surface area contributed by atoms with Crippen molar-refractivity contribution in [2.45, 2.75) is 31.9 Å². The van der Waals surface area contributed by atoms with Gasteiger partial charge in [-0.3, -0.25) is 0 Å². The lowest BCUT2D eigenvalue weighted by Gasteiger charge is -2.18. The summed E-state index contributed by atoms with van der Waals surface area (Å²) in [4.78, 5) is 37.9. The molecule has 0 fully saturated rings. The van der Waals surface area contributed by atoms with E-state index in [4.69, 9.17) is 13.9 Å². The Labute approximate surface area is 201 Å². The van der Waals surface area contributed by atoms with Gasteiger partial charge in [0.15, 0.2) is 6.04 Å². The first-order chi connectivity index (χ1) is 17.1. The van der Waals surface area contributed by atoms with E-state index in [1.54, 1.807) is 36.4 Å². The zero-order valence-corrected chi connectivity index (χ0v) is 18.9. The monoisotopic (exact) mass is 469 g/mol. The molecule has 5 rings (SSSR count). The second kappa shape index (κ2) is 9.85. The van der Waals surface area contributed by atoms with Crippen LogP contribution in [0.2, 0.25) is 0 Å². The van der Waals surface area contributed by atoms with Crippen LogP contribution in [0.5, 0.6) is 5.75 Å². The maximum atomic E-state index is 13.1. The minimum Gasteiger partial charge on any atom is -0.445 e. The number of ether oxygens (including phenoxy) is 2. The molecular formula is C28H23NO6. The lowest BCUT2D eigenvalue weighted by atomic mass is 10.1. The molecule has 0 saturated carbocycles. The smallest absolute Gasteiger partial charge is 0.408 e. The number of nitrogens with one attached hydrogen (secondary N) is 1. The quantitative estimate of drug-likeness (QED) is 0.246. The van der Waals surface area contributed by atoms with Crippen molar-refractivity contribution in [3.8, 4) is 5.75 Å². The molecule has 1 aliphatic carbocycles. The standard InChI is InChI=1S/C28H23NO6/c30-26-23-13-7-12-21(23)22-15-14-20(16-24(22)35-26)34-27(31)25(19-10-5-2-6-11-19)29-28(32)33-17-18-8-3-1-4-9-18/h1-6,8-11,14-16,25H,7,12-13,17H2,(H,29,32)/t25-/m0/s1. The van der Waals surface area contributed by atoms with Crippen molar-refractivity contribution in [3.05, 3.63) is 112 Å². The van der Waals surface area contributed by atoms with Gasteiger partial charge in [-0.2, -0.15) is 0 Å². The predicted octanol–water partition coefficient (Wildman–Crippen LogP) is 4.85. The van der Waals surface area contributed by atoms with Crippen LogP contribution in [0.25, 0.3) is 11.0 Å². The van der Waals surface area contributed by atoms with E-state index in [0.29, 0.717) is 11.1 Å². The van der Waals surface area contributed by atoms with Gasteiger partial charge in [0.05, 0.1) is 0 Å². The molecular weight excluding hydrogens is 446 g/mol. The fourth-order valence-corrected chi connectivity index (χ4v) is 4.31. The number of benzene rings is 3. The molecule has 7 heteroatoms. The summed E-state index contributed by atoms with van der Waals surface area (Å²) >= 11 is 0. The number of fused-ring (bicyclic) bond motifs is 3. The molecule has 0 bridgehead atoms. The van der Waals surface area contributed by atoms with Crippen molar-refractivity contribution in [1.29, 1.82) is 0 Å². The van der Waals surface area contributed by atoms with Crippen molar-refractivity contribution in [2.75, 3.05) is 0 Å². The molecule has 1 N–H and O–H groups in total. The Morgan fingerprint density at radius 3 is 2.40 bits per heavy atom. The summed E-state index contributed by atoms with van der Waals surface area (Å²) in [5, 5.41) is 3.44. The third-order valence-corrected chi connectivity index (χ3v) is 6.01. The van der Waals surface area contributed by atoms with Gasteiger partial charge in [-0.25, -0.2) is 14.4 Å². The molecule has 0 aliphatic heterocycles. The molecule has 0 spiro atoms. The highest BCUT2D eigenvalue weighted by Crippen LogP contribution is 2.30. The third kappa shape index (κ3) is 4.94. The Morgan fingerprint density at radius 2 is 1.63 bits per heavy atom. The summed E-state index contributed by atoms with van der Waals surface area (Å²) in [6.07, 6.45) is 1.71. The van der Waals surface area contributed by atoms with Crippen LogP contribution in [0, 0.1) is 0 Å². The molecule has 176 valence electrons. The Hall–Kier alpha value is -4.39. The second-order valence-corrected chi connectivity index (χ2v) is 8.33. The Kier molecular flexibility index (Phi) is 6.30. The topological polar surface area (TPSA) is 94.8 Å². The average Bonchev–Trinajstić information content (AvgIpc) is 3.38. The molecule has 1 amide bonds. The SMILES string of the molecule is O=C(N[C@H](C(=O)Oc1ccc2c3c(c(=O)oc2c1)CCC3)c1ccccc1)OCc1ccccc1. The first-order valence-electron chi connectivity index (χ1n) is 11.4. The van der Waals surface area contributed by atoms with Gasteiger partial charge in [-0.05, 0) is 48.1 Å². The molecule has 0 saturated heterocycles. The summed E-state index contributed by atoms with van der Waals surface area (Å²) < 4.78 is 16.4. The molecule has 1 atom stereocenters. The van der Waals surface area contributed by atoms with E-state index in [0.717, 1.165) is 41.3 Å². The molecule has 1 heterocycles. The van der Waals surface area contributed by atoms with Gasteiger partial charge in [0.1, 0.15) is 17.9 Å². The van der Waals surface area contributed by atoms with Crippen LogP contribution < -0.4 is 15.7 Å². The minimum absolute atomic E-state index is 0.0667. The van der Waals surface area contributed by atoms with E-state index in [1.165, 1.54) is 6.07 Å². The van der Waals surface area contributed by atoms with Crippen LogP contribution in [0.15, 0.2) is 88.1 Å². The van der Waals surface area contributed by atoms with E-state index < -0.39 is 18.1 Å². The van der Waals surface area contributed by atoms with E-state index in [2.05, 4.69) is 5.32 Å². The third-order valence-electron chi connectivity index (χ3n) is 6.01. The highest BCUT2D eigenvalue weighted by molar-refractivity contribution is 5.87. The van der Waals surface area contributed by atoms with Crippen LogP contribution in [0.1, 0.15) is 34.7 Å². The summed E-state index contributed by atoms with van der Waals surface area (Å²) in [5.74, 6) is -0.486. The summed E-state index contributed by atoms with van der Waals surface area (Å²) in [7, 11) is 0. The van der Waals surface area contributed by atoms with E-state index >= 15 is 0 Å². The number of rotatable bonds is 6. The lowest BCUT2D eigenvalue weighted by Crippen LogP contribution is -2.36. The van der Waals surface area contributed by atoms with Crippen LogP contribution in [-0.4, -0.2) is 12.1 Å². The molecule has 0 unspecified atom stereocenters. The summed E-state index contributed by atoms with van der Waals surface area (Å²) in [5.41, 5.74) is 3.11. The molecule has 4 aromatic rings. The molecule has 1 aromatic heterocycles. The number of esters is 1. The zero-order valence-electron chi connectivity index (χ0n) is 18.9. The van der Waals surface area contributed by atoms with Crippen molar-refractivity contribution in [3.63, 3.8) is 0 Å². The van der Waals surface area contributed by atoms with Gasteiger partial charge in [-0.1, -0.05) is 60.7 Å². The van der Waals surface area contributed by atoms with Crippen LogP contribution in [0.4, 0.5) is 4.79 Å². The number of aryl methyl sites for hydroxylation is 1. The molecule has 3 aromatic carbocycles. The Bertz CT molecular complexity index is 1430. The normalized spacial score (nSPS) is 13.1. The number of carbonyl (C=O) groups excluding carboxylic acids is 2. The zero-order chi connectivity index (χ0) is 24.2. The fourth-order valence-electron chi connectivity index (χ4n) is 4.31. The van der Waals surface area contributed by atoms with Gasteiger partial charge in [0.2, 0.25) is 0 Å². The van der Waals surface area contributed by atoms with E-state index in [-0.39, 0.29) is 18.0 Å². The lowest BCUT2D eigenvalue weighted by molar-refractivity contribution is -0.136.